The van der Waals surface area contributed by atoms with Gasteiger partial charge in [-0.25, -0.2) is 12.8 Å². The van der Waals surface area contributed by atoms with Crippen molar-refractivity contribution >= 4 is 15.8 Å². The lowest BCUT2D eigenvalue weighted by atomic mass is 9.82. The molecular formula is C30H41FN2O7S. The zero-order valence-corrected chi connectivity index (χ0v) is 24.6. The number of rotatable bonds is 16. The second-order valence-corrected chi connectivity index (χ2v) is 13.0. The number of unbranched alkanes of at least 4 members (excludes halogenated alkanes) is 3. The van der Waals surface area contributed by atoms with Crippen LogP contribution in [-0.4, -0.2) is 76.0 Å². The standard InChI is InChI=1S/C30H41FN2O7S/c1-3-4-5-6-15-41(36,37)16-7-12-32-13-14-33-19-23(21-8-11-26-27(18-21)40-20-39-26)28(30(34)35)29(33)22-9-10-25(38-2)24(31)17-22/h8-11,17-18,23,28-29,32H,3-7,12-16,19-20H2,1-2H3,(H,34,35)/t23-,28+,29-/m1/s1. The summed E-state index contributed by atoms with van der Waals surface area (Å²) in [5.41, 5.74) is 1.38. The van der Waals surface area contributed by atoms with E-state index >= 15 is 0 Å². The Hall–Kier alpha value is -2.89. The van der Waals surface area contributed by atoms with Crippen LogP contribution in [0.5, 0.6) is 17.2 Å². The van der Waals surface area contributed by atoms with Gasteiger partial charge in [0.25, 0.3) is 0 Å². The SMILES string of the molecule is CCCCCCS(=O)(=O)CCCNCCN1C[C@H](c2ccc3c(c2)OCO3)[C@H](C(=O)O)[C@H]1c1ccc(OC)c(F)c1. The van der Waals surface area contributed by atoms with Gasteiger partial charge in [0, 0.05) is 31.6 Å². The van der Waals surface area contributed by atoms with Gasteiger partial charge in [-0.1, -0.05) is 38.3 Å². The van der Waals surface area contributed by atoms with E-state index in [1.54, 1.807) is 12.1 Å². The molecule has 2 aliphatic rings. The van der Waals surface area contributed by atoms with Gasteiger partial charge in [-0.15, -0.1) is 0 Å². The third-order valence-corrected chi connectivity index (χ3v) is 9.74. The van der Waals surface area contributed by atoms with E-state index in [0.717, 1.165) is 24.8 Å². The number of halogens is 1. The molecule has 2 N–H and O–H groups in total. The molecule has 0 aliphatic carbocycles. The number of carboxylic acid groups (broad SMARTS) is 1. The van der Waals surface area contributed by atoms with Crippen LogP contribution in [0.2, 0.25) is 0 Å². The van der Waals surface area contributed by atoms with Gasteiger partial charge in [0.05, 0.1) is 24.5 Å². The van der Waals surface area contributed by atoms with E-state index in [4.69, 9.17) is 14.2 Å². The predicted octanol–water partition coefficient (Wildman–Crippen LogP) is 4.38. The Balaban J connectivity index is 1.44. The number of carbonyl (C=O) groups is 1. The van der Waals surface area contributed by atoms with Crippen molar-refractivity contribution in [3.8, 4) is 17.2 Å². The molecule has 0 radical (unpaired) electrons. The highest BCUT2D eigenvalue weighted by Crippen LogP contribution is 2.47. The number of hydrogen-bond acceptors (Lipinski definition) is 8. The topological polar surface area (TPSA) is 114 Å². The molecule has 4 rings (SSSR count). The molecule has 0 saturated carbocycles. The lowest BCUT2D eigenvalue weighted by Crippen LogP contribution is -2.34. The summed E-state index contributed by atoms with van der Waals surface area (Å²) in [5, 5.41) is 13.7. The second-order valence-electron chi connectivity index (χ2n) is 10.7. The van der Waals surface area contributed by atoms with Gasteiger partial charge in [0.2, 0.25) is 6.79 Å². The molecule has 1 fully saturated rings. The Bertz CT molecular complexity index is 1290. The van der Waals surface area contributed by atoms with E-state index in [0.29, 0.717) is 56.1 Å². The Labute approximate surface area is 241 Å². The number of aliphatic carboxylic acids is 1. The molecule has 0 unspecified atom stereocenters. The van der Waals surface area contributed by atoms with Crippen LogP contribution in [0.15, 0.2) is 36.4 Å². The summed E-state index contributed by atoms with van der Waals surface area (Å²) in [5.74, 6) is -1.02. The molecule has 0 aromatic heterocycles. The molecule has 41 heavy (non-hydrogen) atoms. The van der Waals surface area contributed by atoms with E-state index in [2.05, 4.69) is 17.1 Å². The van der Waals surface area contributed by atoms with Crippen LogP contribution < -0.4 is 19.5 Å². The van der Waals surface area contributed by atoms with Gasteiger partial charge in [-0.05, 0) is 54.8 Å². The van der Waals surface area contributed by atoms with E-state index < -0.39 is 33.6 Å². The molecule has 226 valence electrons. The average Bonchev–Trinajstić information content (AvgIpc) is 3.57. The first-order valence-corrected chi connectivity index (χ1v) is 16.2. The smallest absolute Gasteiger partial charge is 0.309 e. The van der Waals surface area contributed by atoms with E-state index in [1.165, 1.54) is 19.2 Å². The summed E-state index contributed by atoms with van der Waals surface area (Å²) < 4.78 is 55.4. The van der Waals surface area contributed by atoms with E-state index in [-0.39, 0.29) is 30.0 Å². The third-order valence-electron chi connectivity index (χ3n) is 7.92. The van der Waals surface area contributed by atoms with Crippen LogP contribution >= 0.6 is 0 Å². The van der Waals surface area contributed by atoms with Gasteiger partial charge < -0.3 is 24.6 Å². The fraction of sp³-hybridized carbons (Fsp3) is 0.567. The minimum atomic E-state index is -3.06. The number of carboxylic acids is 1. The number of methoxy groups -OCH3 is 1. The Morgan fingerprint density at radius 3 is 2.54 bits per heavy atom. The molecule has 2 aliphatic heterocycles. The van der Waals surface area contributed by atoms with Crippen molar-refractivity contribution in [1.29, 1.82) is 0 Å². The predicted molar refractivity (Wildman–Crippen MR) is 154 cm³/mol. The van der Waals surface area contributed by atoms with Crippen LogP contribution in [-0.2, 0) is 14.6 Å². The normalized spacial score (nSPS) is 20.4. The number of ether oxygens (including phenoxy) is 3. The number of fused-ring (bicyclic) bond motifs is 1. The molecular weight excluding hydrogens is 551 g/mol. The van der Waals surface area contributed by atoms with Gasteiger partial charge in [0.15, 0.2) is 23.1 Å². The first-order valence-electron chi connectivity index (χ1n) is 14.3. The van der Waals surface area contributed by atoms with Crippen LogP contribution in [0.25, 0.3) is 0 Å². The summed E-state index contributed by atoms with van der Waals surface area (Å²) in [6.45, 7) is 4.25. The number of benzene rings is 2. The lowest BCUT2D eigenvalue weighted by Gasteiger charge is -2.27. The van der Waals surface area contributed by atoms with Crippen molar-refractivity contribution in [2.24, 2.45) is 5.92 Å². The maximum absolute atomic E-state index is 14.8. The van der Waals surface area contributed by atoms with Gasteiger partial charge in [0.1, 0.15) is 9.84 Å². The highest BCUT2D eigenvalue weighted by atomic mass is 32.2. The zero-order chi connectivity index (χ0) is 29.4. The summed E-state index contributed by atoms with van der Waals surface area (Å²) >= 11 is 0. The third kappa shape index (κ3) is 7.90. The second kappa shape index (κ2) is 14.3. The highest BCUT2D eigenvalue weighted by Gasteiger charge is 2.47. The molecule has 11 heteroatoms. The number of likely N-dealkylation sites (tertiary alicyclic amines) is 1. The quantitative estimate of drug-likeness (QED) is 0.274. The fourth-order valence-corrected chi connectivity index (χ4v) is 7.25. The van der Waals surface area contributed by atoms with Crippen LogP contribution in [0.3, 0.4) is 0 Å². The molecule has 2 heterocycles. The molecule has 0 amide bonds. The largest absolute Gasteiger partial charge is 0.494 e. The van der Waals surface area contributed by atoms with Crippen molar-refractivity contribution in [2.45, 2.75) is 51.0 Å². The molecule has 1 saturated heterocycles. The molecule has 0 bridgehead atoms. The molecule has 9 nitrogen and oxygen atoms in total. The molecule has 0 spiro atoms. The van der Waals surface area contributed by atoms with Crippen molar-refractivity contribution < 1.29 is 36.9 Å². The summed E-state index contributed by atoms with van der Waals surface area (Å²) in [6, 6.07) is 9.51. The lowest BCUT2D eigenvalue weighted by molar-refractivity contribution is -0.143. The fourth-order valence-electron chi connectivity index (χ4n) is 5.82. The Kier molecular flexibility index (Phi) is 10.9. The molecule has 2 aromatic carbocycles. The highest BCUT2D eigenvalue weighted by molar-refractivity contribution is 7.91. The molecule has 3 atom stereocenters. The number of sulfone groups is 1. The van der Waals surface area contributed by atoms with Crippen molar-refractivity contribution in [3.05, 3.63) is 53.3 Å². The summed E-state index contributed by atoms with van der Waals surface area (Å²) in [6.07, 6.45) is 4.28. The number of nitrogens with one attached hydrogen (secondary N) is 1. The zero-order valence-electron chi connectivity index (χ0n) is 23.8. The van der Waals surface area contributed by atoms with Crippen LogP contribution in [0, 0.1) is 11.7 Å². The van der Waals surface area contributed by atoms with Gasteiger partial charge in [-0.2, -0.15) is 0 Å². The maximum atomic E-state index is 14.8. The van der Waals surface area contributed by atoms with E-state index in [1.807, 2.05) is 12.1 Å². The van der Waals surface area contributed by atoms with Crippen molar-refractivity contribution in [3.63, 3.8) is 0 Å². The van der Waals surface area contributed by atoms with Gasteiger partial charge >= 0.3 is 5.97 Å². The summed E-state index contributed by atoms with van der Waals surface area (Å²) in [7, 11) is -1.67. The number of hydrogen-bond donors (Lipinski definition) is 2. The van der Waals surface area contributed by atoms with E-state index in [9.17, 15) is 22.7 Å². The average molecular weight is 593 g/mol. The van der Waals surface area contributed by atoms with Crippen molar-refractivity contribution in [2.75, 3.05) is 51.6 Å². The Morgan fingerprint density at radius 1 is 1.05 bits per heavy atom. The molecule has 2 aromatic rings. The van der Waals surface area contributed by atoms with Gasteiger partial charge in [-0.3, -0.25) is 9.69 Å². The van der Waals surface area contributed by atoms with Crippen LogP contribution in [0.1, 0.15) is 62.1 Å². The van der Waals surface area contributed by atoms with Crippen molar-refractivity contribution in [1.82, 2.24) is 10.2 Å². The first kappa shape index (κ1) is 31.1. The monoisotopic (exact) mass is 592 g/mol. The minimum Gasteiger partial charge on any atom is -0.494 e. The first-order chi connectivity index (χ1) is 19.7. The Morgan fingerprint density at radius 2 is 1.80 bits per heavy atom. The minimum absolute atomic E-state index is 0.0967. The maximum Gasteiger partial charge on any atom is 0.309 e. The van der Waals surface area contributed by atoms with Crippen LogP contribution in [0.4, 0.5) is 4.39 Å². The summed E-state index contributed by atoms with van der Waals surface area (Å²) in [4.78, 5) is 14.8. The number of nitrogens with zero attached hydrogens (tertiary/aromatic N) is 1.